The number of pyridine rings is 1. The predicted octanol–water partition coefficient (Wildman–Crippen LogP) is 3.50. The summed E-state index contributed by atoms with van der Waals surface area (Å²) in [5.41, 5.74) is 1.19. The van der Waals surface area contributed by atoms with Crippen molar-refractivity contribution in [2.45, 2.75) is 19.9 Å². The lowest BCUT2D eigenvalue weighted by Crippen LogP contribution is -2.38. The first-order valence-corrected chi connectivity index (χ1v) is 10.0. The minimum atomic E-state index is -0.689. The van der Waals surface area contributed by atoms with E-state index in [1.807, 2.05) is 6.07 Å². The first kappa shape index (κ1) is 21.0. The molecule has 1 atom stereocenters. The van der Waals surface area contributed by atoms with Crippen LogP contribution in [0.25, 0.3) is 5.76 Å². The molecule has 0 unspecified atom stereocenters. The van der Waals surface area contributed by atoms with Gasteiger partial charge in [0.1, 0.15) is 5.76 Å². The number of aliphatic hydroxyl groups excluding tert-OH is 1. The van der Waals surface area contributed by atoms with Crippen molar-refractivity contribution >= 4 is 29.1 Å². The van der Waals surface area contributed by atoms with Gasteiger partial charge in [0.15, 0.2) is 0 Å². The van der Waals surface area contributed by atoms with Gasteiger partial charge in [-0.25, -0.2) is 0 Å². The first-order chi connectivity index (χ1) is 14.0. The Labute approximate surface area is 175 Å². The first-order valence-electron chi connectivity index (χ1n) is 9.64. The molecule has 1 aliphatic rings. The molecule has 1 saturated heterocycles. The number of rotatable bonds is 7. The van der Waals surface area contributed by atoms with Gasteiger partial charge in [-0.2, -0.15) is 0 Å². The largest absolute Gasteiger partial charge is 0.507 e. The molecular formula is C22H24ClN3O3. The molecule has 152 valence electrons. The molecule has 0 bridgehead atoms. The van der Waals surface area contributed by atoms with Crippen LogP contribution in [0.4, 0.5) is 0 Å². The van der Waals surface area contributed by atoms with Gasteiger partial charge in [-0.1, -0.05) is 31.5 Å². The van der Waals surface area contributed by atoms with Crippen LogP contribution in [0.2, 0.25) is 5.02 Å². The lowest BCUT2D eigenvalue weighted by Gasteiger charge is -2.28. The number of benzene rings is 1. The van der Waals surface area contributed by atoms with Crippen molar-refractivity contribution in [3.8, 4) is 0 Å². The molecule has 6 nitrogen and oxygen atoms in total. The fraction of sp³-hybridized carbons (Fsp3) is 0.318. The average Bonchev–Trinajstić information content (AvgIpc) is 3.00. The number of aromatic nitrogens is 1. The zero-order valence-corrected chi connectivity index (χ0v) is 17.3. The number of hydrogen-bond donors (Lipinski definition) is 1. The summed E-state index contributed by atoms with van der Waals surface area (Å²) in [7, 11) is 0. The van der Waals surface area contributed by atoms with Crippen LogP contribution in [0, 0.1) is 0 Å². The molecule has 7 heteroatoms. The number of ketones is 1. The number of nitrogens with zero attached hydrogens (tertiary/aromatic N) is 3. The summed E-state index contributed by atoms with van der Waals surface area (Å²) >= 11 is 5.93. The van der Waals surface area contributed by atoms with Gasteiger partial charge < -0.3 is 14.9 Å². The number of carbonyl (C=O) groups excluding carboxylic acids is 2. The van der Waals surface area contributed by atoms with Gasteiger partial charge in [-0.05, 0) is 49.0 Å². The van der Waals surface area contributed by atoms with Crippen LogP contribution in [0.1, 0.15) is 31.0 Å². The Hall–Kier alpha value is -2.70. The van der Waals surface area contributed by atoms with E-state index in [9.17, 15) is 14.7 Å². The molecule has 1 aliphatic heterocycles. The quantitative estimate of drug-likeness (QED) is 0.427. The number of hydrogen-bond acceptors (Lipinski definition) is 5. The molecule has 1 amide bonds. The summed E-state index contributed by atoms with van der Waals surface area (Å²) in [6.45, 7) is 6.82. The molecule has 2 aromatic rings. The Balaban J connectivity index is 2.06. The van der Waals surface area contributed by atoms with Gasteiger partial charge in [-0.15, -0.1) is 0 Å². The highest BCUT2D eigenvalue weighted by atomic mass is 35.5. The Morgan fingerprint density at radius 3 is 2.45 bits per heavy atom. The molecule has 0 radical (unpaired) electrons. The number of likely N-dealkylation sites (tertiary alicyclic amines) is 1. The van der Waals surface area contributed by atoms with Gasteiger partial charge in [0.05, 0.1) is 11.6 Å². The molecule has 1 aromatic carbocycles. The summed E-state index contributed by atoms with van der Waals surface area (Å²) in [6.07, 6.45) is 3.25. The zero-order chi connectivity index (χ0) is 21.0. The maximum absolute atomic E-state index is 12.9. The topological polar surface area (TPSA) is 73.7 Å². The van der Waals surface area contributed by atoms with Crippen molar-refractivity contribution in [1.29, 1.82) is 0 Å². The second kappa shape index (κ2) is 9.20. The van der Waals surface area contributed by atoms with Gasteiger partial charge in [0.25, 0.3) is 11.7 Å². The van der Waals surface area contributed by atoms with E-state index in [0.717, 1.165) is 13.1 Å². The molecule has 1 fully saturated rings. The smallest absolute Gasteiger partial charge is 0.295 e. The van der Waals surface area contributed by atoms with E-state index in [1.54, 1.807) is 42.7 Å². The highest BCUT2D eigenvalue weighted by Crippen LogP contribution is 2.39. The van der Waals surface area contributed by atoms with E-state index >= 15 is 0 Å². The third-order valence-electron chi connectivity index (χ3n) is 5.21. The number of likely N-dealkylation sites (N-methyl/N-ethyl adjacent to an activating group) is 1. The summed E-state index contributed by atoms with van der Waals surface area (Å²) in [6, 6.07) is 9.39. The summed E-state index contributed by atoms with van der Waals surface area (Å²) < 4.78 is 0. The summed E-state index contributed by atoms with van der Waals surface area (Å²) in [4.78, 5) is 33.6. The highest BCUT2D eigenvalue weighted by molar-refractivity contribution is 6.46. The summed E-state index contributed by atoms with van der Waals surface area (Å²) in [5, 5.41) is 11.4. The van der Waals surface area contributed by atoms with Gasteiger partial charge >= 0.3 is 0 Å². The summed E-state index contributed by atoms with van der Waals surface area (Å²) in [5.74, 6) is -1.51. The van der Waals surface area contributed by atoms with Crippen molar-refractivity contribution < 1.29 is 14.7 Å². The Bertz CT molecular complexity index is 909. The maximum Gasteiger partial charge on any atom is 0.295 e. The van der Waals surface area contributed by atoms with Crippen molar-refractivity contribution in [3.05, 3.63) is 70.5 Å². The lowest BCUT2D eigenvalue weighted by atomic mass is 9.96. The molecule has 0 aliphatic carbocycles. The Morgan fingerprint density at radius 2 is 1.86 bits per heavy atom. The third kappa shape index (κ3) is 4.33. The molecule has 3 rings (SSSR count). The number of Topliss-reactive ketones (excluding diaryl/α,β-unsaturated/α-hetero) is 1. The molecule has 0 spiro atoms. The molecule has 2 heterocycles. The van der Waals surface area contributed by atoms with E-state index in [-0.39, 0.29) is 11.3 Å². The van der Waals surface area contributed by atoms with Crippen molar-refractivity contribution in [3.63, 3.8) is 0 Å². The second-order valence-corrected chi connectivity index (χ2v) is 7.25. The van der Waals surface area contributed by atoms with Crippen molar-refractivity contribution in [1.82, 2.24) is 14.8 Å². The van der Waals surface area contributed by atoms with E-state index in [2.05, 4.69) is 23.7 Å². The molecule has 29 heavy (non-hydrogen) atoms. The zero-order valence-electron chi connectivity index (χ0n) is 16.5. The van der Waals surface area contributed by atoms with E-state index in [0.29, 0.717) is 29.2 Å². The monoisotopic (exact) mass is 413 g/mol. The van der Waals surface area contributed by atoms with Crippen LogP contribution in [0.3, 0.4) is 0 Å². The van der Waals surface area contributed by atoms with Crippen LogP contribution < -0.4 is 0 Å². The third-order valence-corrected chi connectivity index (χ3v) is 5.46. The number of halogens is 1. The minimum Gasteiger partial charge on any atom is -0.507 e. The van der Waals surface area contributed by atoms with Crippen molar-refractivity contribution in [2.75, 3.05) is 26.2 Å². The predicted molar refractivity (Wildman–Crippen MR) is 112 cm³/mol. The molecule has 1 aromatic heterocycles. The minimum absolute atomic E-state index is 0.0740. The van der Waals surface area contributed by atoms with E-state index in [1.165, 1.54) is 4.90 Å². The average molecular weight is 414 g/mol. The second-order valence-electron chi connectivity index (χ2n) is 6.81. The highest BCUT2D eigenvalue weighted by Gasteiger charge is 2.46. The Kier molecular flexibility index (Phi) is 6.67. The van der Waals surface area contributed by atoms with Crippen LogP contribution in [-0.4, -0.2) is 57.8 Å². The van der Waals surface area contributed by atoms with Gasteiger partial charge in [0.2, 0.25) is 0 Å². The molecule has 1 N–H and O–H groups in total. The standard InChI is InChI=1S/C22H24ClN3O3/c1-3-25(4-2)12-13-26-19(16-6-5-11-24-14-16)18(21(28)22(26)29)20(27)15-7-9-17(23)10-8-15/h5-11,14,19,27H,3-4,12-13H2,1-2H3/b20-18+/t19-/m0/s1. The van der Waals surface area contributed by atoms with Crippen LogP contribution >= 0.6 is 11.6 Å². The Morgan fingerprint density at radius 1 is 1.17 bits per heavy atom. The maximum atomic E-state index is 12.9. The SMILES string of the molecule is CCN(CC)CCN1C(=O)C(=O)/C(=C(/O)c2ccc(Cl)cc2)[C@@H]1c1cccnc1. The number of carbonyl (C=O) groups is 2. The van der Waals surface area contributed by atoms with Crippen LogP contribution in [0.5, 0.6) is 0 Å². The fourth-order valence-electron chi connectivity index (χ4n) is 3.55. The van der Waals surface area contributed by atoms with Crippen LogP contribution in [-0.2, 0) is 9.59 Å². The number of amides is 1. The number of aliphatic hydroxyl groups is 1. The van der Waals surface area contributed by atoms with Gasteiger partial charge in [-0.3, -0.25) is 14.6 Å². The van der Waals surface area contributed by atoms with Crippen LogP contribution in [0.15, 0.2) is 54.4 Å². The normalized spacial score (nSPS) is 18.6. The van der Waals surface area contributed by atoms with Gasteiger partial charge in [0, 0.05) is 36.1 Å². The fourth-order valence-corrected chi connectivity index (χ4v) is 3.67. The van der Waals surface area contributed by atoms with E-state index < -0.39 is 17.7 Å². The van der Waals surface area contributed by atoms with Crippen molar-refractivity contribution in [2.24, 2.45) is 0 Å². The molecule has 0 saturated carbocycles. The lowest BCUT2D eigenvalue weighted by molar-refractivity contribution is -0.140. The molecular weight excluding hydrogens is 390 g/mol. The van der Waals surface area contributed by atoms with E-state index in [4.69, 9.17) is 11.6 Å².